The molecule has 5 heteroatoms. The van der Waals surface area contributed by atoms with Crippen LogP contribution >= 0.6 is 0 Å². The van der Waals surface area contributed by atoms with Crippen molar-refractivity contribution in [2.45, 2.75) is 25.4 Å². The highest BCUT2D eigenvalue weighted by Gasteiger charge is 2.28. The molecule has 0 bridgehead atoms. The molecule has 2 rings (SSSR count). The summed E-state index contributed by atoms with van der Waals surface area (Å²) in [6.45, 7) is 0.693. The van der Waals surface area contributed by atoms with Gasteiger partial charge < -0.3 is 19.7 Å². The Morgan fingerprint density at radius 2 is 2.28 bits per heavy atom. The summed E-state index contributed by atoms with van der Waals surface area (Å²) in [6, 6.07) is 5.36. The molecular formula is C13H16O5. The molecule has 0 aliphatic carbocycles. The van der Waals surface area contributed by atoms with E-state index in [9.17, 15) is 4.79 Å². The average Bonchev–Trinajstić information content (AvgIpc) is 2.78. The first-order valence-corrected chi connectivity index (χ1v) is 5.97. The van der Waals surface area contributed by atoms with Gasteiger partial charge in [0.05, 0.1) is 6.61 Å². The van der Waals surface area contributed by atoms with E-state index in [0.29, 0.717) is 30.9 Å². The molecule has 1 aromatic carbocycles. The molecular weight excluding hydrogens is 236 g/mol. The number of hydrogen-bond donors (Lipinski definition) is 2. The summed E-state index contributed by atoms with van der Waals surface area (Å²) in [4.78, 5) is 10.8. The Morgan fingerprint density at radius 1 is 1.44 bits per heavy atom. The molecule has 1 aromatic rings. The predicted molar refractivity (Wildman–Crippen MR) is 64.0 cm³/mol. The highest BCUT2D eigenvalue weighted by Crippen LogP contribution is 2.32. The average molecular weight is 252 g/mol. The maximum Gasteiger partial charge on any atom is 0.345 e. The monoisotopic (exact) mass is 252 g/mol. The number of carbonyl (C=O) groups is 1. The summed E-state index contributed by atoms with van der Waals surface area (Å²) in [5.74, 6) is 0.302. The zero-order valence-electron chi connectivity index (χ0n) is 9.96. The van der Waals surface area contributed by atoms with E-state index < -0.39 is 12.1 Å². The molecule has 0 fully saturated rings. The van der Waals surface area contributed by atoms with Gasteiger partial charge in [-0.1, -0.05) is 6.07 Å². The van der Waals surface area contributed by atoms with Crippen molar-refractivity contribution in [2.75, 3.05) is 13.2 Å². The van der Waals surface area contributed by atoms with E-state index in [2.05, 4.69) is 0 Å². The highest BCUT2D eigenvalue weighted by molar-refractivity contribution is 5.74. The Morgan fingerprint density at radius 3 is 3.00 bits per heavy atom. The lowest BCUT2D eigenvalue weighted by atomic mass is 10.1. The third kappa shape index (κ3) is 2.92. The van der Waals surface area contributed by atoms with E-state index in [1.807, 2.05) is 12.1 Å². The Labute approximate surface area is 105 Å². The first-order chi connectivity index (χ1) is 8.70. The lowest BCUT2D eigenvalue weighted by Crippen LogP contribution is -2.24. The van der Waals surface area contributed by atoms with Crippen molar-refractivity contribution in [3.05, 3.63) is 23.8 Å². The van der Waals surface area contributed by atoms with E-state index in [1.165, 1.54) is 0 Å². The van der Waals surface area contributed by atoms with Crippen LogP contribution in [0.2, 0.25) is 0 Å². The van der Waals surface area contributed by atoms with Gasteiger partial charge in [-0.05, 0) is 24.5 Å². The number of aliphatic hydroxyl groups excluding tert-OH is 1. The quantitative estimate of drug-likeness (QED) is 0.745. The predicted octanol–water partition coefficient (Wildman–Crippen LogP) is 1.23. The van der Waals surface area contributed by atoms with Crippen molar-refractivity contribution in [2.24, 2.45) is 0 Å². The van der Waals surface area contributed by atoms with Gasteiger partial charge in [-0.2, -0.15) is 0 Å². The van der Waals surface area contributed by atoms with Crippen molar-refractivity contribution in [3.63, 3.8) is 0 Å². The summed E-state index contributed by atoms with van der Waals surface area (Å²) in [6.07, 6.45) is 1.11. The molecule has 0 saturated carbocycles. The molecule has 0 amide bonds. The van der Waals surface area contributed by atoms with Crippen molar-refractivity contribution >= 4 is 5.97 Å². The van der Waals surface area contributed by atoms with Gasteiger partial charge >= 0.3 is 5.97 Å². The zero-order valence-corrected chi connectivity index (χ0v) is 9.96. The number of unbranched alkanes of at least 4 members (excludes halogenated alkanes) is 1. The van der Waals surface area contributed by atoms with Gasteiger partial charge in [0.1, 0.15) is 11.5 Å². The number of hydrogen-bond acceptors (Lipinski definition) is 4. The van der Waals surface area contributed by atoms with Crippen LogP contribution in [0.25, 0.3) is 0 Å². The van der Waals surface area contributed by atoms with Crippen LogP contribution in [0.4, 0.5) is 0 Å². The van der Waals surface area contributed by atoms with Gasteiger partial charge in [-0.3, -0.25) is 0 Å². The molecule has 1 unspecified atom stereocenters. The molecule has 1 aliphatic heterocycles. The van der Waals surface area contributed by atoms with E-state index in [-0.39, 0.29) is 6.61 Å². The smallest absolute Gasteiger partial charge is 0.345 e. The second-order valence-corrected chi connectivity index (χ2v) is 4.20. The molecule has 2 N–H and O–H groups in total. The largest absolute Gasteiger partial charge is 0.493 e. The second kappa shape index (κ2) is 5.73. The summed E-state index contributed by atoms with van der Waals surface area (Å²) in [7, 11) is 0. The van der Waals surface area contributed by atoms with Gasteiger partial charge in [-0.15, -0.1) is 0 Å². The van der Waals surface area contributed by atoms with Crippen molar-refractivity contribution in [3.8, 4) is 11.5 Å². The molecule has 0 spiro atoms. The molecule has 1 atom stereocenters. The van der Waals surface area contributed by atoms with Gasteiger partial charge in [0.2, 0.25) is 0 Å². The van der Waals surface area contributed by atoms with Crippen LogP contribution in [0.3, 0.4) is 0 Å². The number of rotatable bonds is 6. The van der Waals surface area contributed by atoms with Crippen LogP contribution in [0, 0.1) is 0 Å². The Kier molecular flexibility index (Phi) is 4.04. The molecule has 5 nitrogen and oxygen atoms in total. The molecule has 1 aliphatic rings. The first-order valence-electron chi connectivity index (χ1n) is 5.97. The first kappa shape index (κ1) is 12.7. The van der Waals surface area contributed by atoms with Crippen molar-refractivity contribution < 1.29 is 24.5 Å². The molecule has 18 heavy (non-hydrogen) atoms. The molecule has 0 radical (unpaired) electrons. The van der Waals surface area contributed by atoms with Crippen LogP contribution in [0.5, 0.6) is 11.5 Å². The molecule has 98 valence electrons. The maximum absolute atomic E-state index is 10.8. The minimum Gasteiger partial charge on any atom is -0.493 e. The van der Waals surface area contributed by atoms with Crippen molar-refractivity contribution in [1.29, 1.82) is 0 Å². The summed E-state index contributed by atoms with van der Waals surface area (Å²) in [5.41, 5.74) is 0.894. The summed E-state index contributed by atoms with van der Waals surface area (Å²) >= 11 is 0. The van der Waals surface area contributed by atoms with Gasteiger partial charge in [0, 0.05) is 19.1 Å². The number of aliphatic carboxylic acids is 1. The second-order valence-electron chi connectivity index (χ2n) is 4.20. The van der Waals surface area contributed by atoms with Gasteiger partial charge in [0.15, 0.2) is 6.10 Å². The van der Waals surface area contributed by atoms with Crippen LogP contribution in [-0.4, -0.2) is 35.5 Å². The topological polar surface area (TPSA) is 76.0 Å². The van der Waals surface area contributed by atoms with Gasteiger partial charge in [0.25, 0.3) is 0 Å². The molecule has 0 saturated heterocycles. The fourth-order valence-corrected chi connectivity index (χ4v) is 1.84. The van der Waals surface area contributed by atoms with E-state index >= 15 is 0 Å². The fraction of sp³-hybridized carbons (Fsp3) is 0.462. The molecule has 0 aromatic heterocycles. The minimum atomic E-state index is -0.948. The minimum absolute atomic E-state index is 0.164. The normalized spacial score (nSPS) is 17.1. The Hall–Kier alpha value is -1.75. The van der Waals surface area contributed by atoms with E-state index in [4.69, 9.17) is 19.7 Å². The third-order valence-electron chi connectivity index (χ3n) is 2.81. The lowest BCUT2D eigenvalue weighted by Gasteiger charge is -2.07. The van der Waals surface area contributed by atoms with Crippen molar-refractivity contribution in [1.82, 2.24) is 0 Å². The number of carboxylic acids is 1. The van der Waals surface area contributed by atoms with E-state index in [1.54, 1.807) is 6.07 Å². The number of ether oxygens (including phenoxy) is 2. The van der Waals surface area contributed by atoms with Crippen LogP contribution in [0.15, 0.2) is 18.2 Å². The van der Waals surface area contributed by atoms with Crippen LogP contribution in [-0.2, 0) is 11.2 Å². The number of aliphatic hydroxyl groups is 1. The summed E-state index contributed by atoms with van der Waals surface area (Å²) < 4.78 is 10.8. The maximum atomic E-state index is 10.8. The fourth-order valence-electron chi connectivity index (χ4n) is 1.84. The number of carboxylic acid groups (broad SMARTS) is 1. The third-order valence-corrected chi connectivity index (χ3v) is 2.81. The SMILES string of the molecule is O=C(O)C1Cc2ccc(OCCCCO)cc2O1. The molecule has 1 heterocycles. The number of fused-ring (bicyclic) bond motifs is 1. The van der Waals surface area contributed by atoms with Gasteiger partial charge in [-0.25, -0.2) is 4.79 Å². The van der Waals surface area contributed by atoms with Crippen LogP contribution < -0.4 is 9.47 Å². The van der Waals surface area contributed by atoms with E-state index in [0.717, 1.165) is 12.0 Å². The highest BCUT2D eigenvalue weighted by atomic mass is 16.5. The Balaban J connectivity index is 1.93. The lowest BCUT2D eigenvalue weighted by molar-refractivity contribution is -0.144. The zero-order chi connectivity index (χ0) is 13.0. The Bertz CT molecular complexity index is 429. The summed E-state index contributed by atoms with van der Waals surface area (Å²) in [5, 5.41) is 17.5. The standard InChI is InChI=1S/C13H16O5/c14-5-1-2-6-17-10-4-3-9-7-12(13(15)16)18-11(9)8-10/h3-4,8,12,14H,1-2,5-7H2,(H,15,16). The van der Waals surface area contributed by atoms with Crippen LogP contribution in [0.1, 0.15) is 18.4 Å². The number of benzene rings is 1.